The fourth-order valence-electron chi connectivity index (χ4n) is 4.10. The molecule has 0 saturated carbocycles. The van der Waals surface area contributed by atoms with Gasteiger partial charge in [-0.1, -0.05) is 50.5 Å². The molecule has 0 spiro atoms. The minimum atomic E-state index is -0.424. The van der Waals surface area contributed by atoms with Gasteiger partial charge in [-0.25, -0.2) is 4.79 Å². The van der Waals surface area contributed by atoms with Gasteiger partial charge in [0, 0.05) is 24.0 Å². The van der Waals surface area contributed by atoms with E-state index in [1.807, 2.05) is 62.5 Å². The first-order valence-corrected chi connectivity index (χ1v) is 12.7. The second-order valence-electron chi connectivity index (χ2n) is 8.74. The van der Waals surface area contributed by atoms with E-state index in [4.69, 9.17) is 17.0 Å². The molecule has 0 bridgehead atoms. The van der Waals surface area contributed by atoms with Crippen molar-refractivity contribution in [3.63, 3.8) is 0 Å². The van der Waals surface area contributed by atoms with Crippen molar-refractivity contribution in [2.24, 2.45) is 0 Å². The van der Waals surface area contributed by atoms with Gasteiger partial charge in [0.15, 0.2) is 5.11 Å². The number of carbonyl (C=O) groups is 2. The molecule has 1 amide bonds. The maximum Gasteiger partial charge on any atom is 0.338 e. The molecule has 2 aromatic rings. The van der Waals surface area contributed by atoms with Crippen molar-refractivity contribution in [2.45, 2.75) is 58.9 Å². The second-order valence-corrected chi connectivity index (χ2v) is 9.13. The van der Waals surface area contributed by atoms with E-state index < -0.39 is 6.04 Å². The Labute approximate surface area is 213 Å². The minimum Gasteiger partial charge on any atom is -0.463 e. The van der Waals surface area contributed by atoms with Crippen molar-refractivity contribution in [1.82, 2.24) is 10.2 Å². The Morgan fingerprint density at radius 2 is 1.71 bits per heavy atom. The van der Waals surface area contributed by atoms with E-state index in [0.29, 0.717) is 28.5 Å². The topological polar surface area (TPSA) is 70.7 Å². The monoisotopic (exact) mass is 493 g/mol. The van der Waals surface area contributed by atoms with Crippen molar-refractivity contribution in [1.29, 1.82) is 0 Å². The van der Waals surface area contributed by atoms with Crippen molar-refractivity contribution in [2.75, 3.05) is 19.0 Å². The van der Waals surface area contributed by atoms with Crippen molar-refractivity contribution in [3.05, 3.63) is 76.5 Å². The van der Waals surface area contributed by atoms with Crippen LogP contribution in [-0.4, -0.2) is 35.5 Å². The maximum atomic E-state index is 12.7. The molecule has 1 heterocycles. The largest absolute Gasteiger partial charge is 0.463 e. The minimum absolute atomic E-state index is 0.156. The first-order chi connectivity index (χ1) is 16.8. The first kappa shape index (κ1) is 26.4. The molecule has 0 radical (unpaired) electrons. The summed E-state index contributed by atoms with van der Waals surface area (Å²) in [5.74, 6) is -0.528. The smallest absolute Gasteiger partial charge is 0.338 e. The summed E-state index contributed by atoms with van der Waals surface area (Å²) in [6.07, 6.45) is 5.95. The van der Waals surface area contributed by atoms with Crippen LogP contribution < -0.4 is 10.6 Å². The van der Waals surface area contributed by atoms with E-state index in [0.717, 1.165) is 17.7 Å². The number of benzene rings is 2. The van der Waals surface area contributed by atoms with E-state index in [-0.39, 0.29) is 11.9 Å². The number of hydrogen-bond donors (Lipinski definition) is 2. The Morgan fingerprint density at radius 3 is 2.34 bits per heavy atom. The van der Waals surface area contributed by atoms with Crippen molar-refractivity contribution < 1.29 is 14.3 Å². The highest BCUT2D eigenvalue weighted by molar-refractivity contribution is 7.80. The molecule has 0 saturated heterocycles. The van der Waals surface area contributed by atoms with Gasteiger partial charge in [-0.3, -0.25) is 4.79 Å². The third kappa shape index (κ3) is 6.69. The number of rotatable bonds is 10. The number of anilines is 1. The summed E-state index contributed by atoms with van der Waals surface area (Å²) in [6.45, 7) is 6.14. The molecule has 1 aliphatic heterocycles. The van der Waals surface area contributed by atoms with Crippen LogP contribution >= 0.6 is 12.2 Å². The molecule has 0 aromatic heterocycles. The summed E-state index contributed by atoms with van der Waals surface area (Å²) in [7, 11) is 1.82. The number of aryl methyl sites for hydroxylation is 1. The summed E-state index contributed by atoms with van der Waals surface area (Å²) in [5, 5.41) is 6.71. The highest BCUT2D eigenvalue weighted by Crippen LogP contribution is 2.31. The quantitative estimate of drug-likeness (QED) is 0.249. The number of nitrogens with zero attached hydrogens (tertiary/aromatic N) is 1. The normalized spacial score (nSPS) is 15.6. The van der Waals surface area contributed by atoms with Crippen LogP contribution in [-0.2, 0) is 16.0 Å². The van der Waals surface area contributed by atoms with Crippen LogP contribution in [0.1, 0.15) is 74.0 Å². The molecular formula is C28H35N3O3S. The highest BCUT2D eigenvalue weighted by Gasteiger charge is 2.33. The standard InChI is InChI=1S/C28H35N3O3S/c1-5-7-8-9-10-20-11-13-22(14-12-20)26(32)29-23-17-15-21(16-18-23)25-24(27(33)34-6-2)19(3)31(4)28(35)30-25/h11-18,25H,5-10H2,1-4H3,(H,29,32)(H,30,35)/t25-/m1/s1. The first-order valence-electron chi connectivity index (χ1n) is 12.3. The molecule has 3 rings (SSSR count). The lowest BCUT2D eigenvalue weighted by Crippen LogP contribution is -2.46. The molecule has 0 fully saturated rings. The lowest BCUT2D eigenvalue weighted by atomic mass is 9.95. The van der Waals surface area contributed by atoms with Gasteiger partial charge in [0.25, 0.3) is 5.91 Å². The highest BCUT2D eigenvalue weighted by atomic mass is 32.1. The Morgan fingerprint density at radius 1 is 1.03 bits per heavy atom. The molecule has 2 N–H and O–H groups in total. The van der Waals surface area contributed by atoms with Gasteiger partial charge in [-0.15, -0.1) is 0 Å². The fourth-order valence-corrected chi connectivity index (χ4v) is 4.35. The van der Waals surface area contributed by atoms with Gasteiger partial charge >= 0.3 is 5.97 Å². The molecular weight excluding hydrogens is 458 g/mol. The maximum absolute atomic E-state index is 12.7. The summed E-state index contributed by atoms with van der Waals surface area (Å²) >= 11 is 5.44. The molecule has 35 heavy (non-hydrogen) atoms. The predicted octanol–water partition coefficient (Wildman–Crippen LogP) is 5.76. The molecule has 0 unspecified atom stereocenters. The number of ether oxygens (including phenoxy) is 1. The van der Waals surface area contributed by atoms with E-state index >= 15 is 0 Å². The van der Waals surface area contributed by atoms with E-state index in [1.165, 1.54) is 31.2 Å². The van der Waals surface area contributed by atoms with Gasteiger partial charge in [0.2, 0.25) is 0 Å². The lowest BCUT2D eigenvalue weighted by Gasteiger charge is -2.35. The van der Waals surface area contributed by atoms with Gasteiger partial charge in [0.1, 0.15) is 0 Å². The Kier molecular flexibility index (Phi) is 9.43. The van der Waals surface area contributed by atoms with Crippen LogP contribution in [0.2, 0.25) is 0 Å². The Hall–Kier alpha value is -3.19. The molecule has 6 nitrogen and oxygen atoms in total. The zero-order chi connectivity index (χ0) is 25.4. The van der Waals surface area contributed by atoms with E-state index in [2.05, 4.69) is 17.6 Å². The zero-order valence-corrected chi connectivity index (χ0v) is 21.8. The summed E-state index contributed by atoms with van der Waals surface area (Å²) < 4.78 is 5.29. The summed E-state index contributed by atoms with van der Waals surface area (Å²) in [5.41, 5.74) is 4.69. The van der Waals surface area contributed by atoms with Gasteiger partial charge < -0.3 is 20.3 Å². The molecule has 2 aromatic carbocycles. The van der Waals surface area contributed by atoms with Crippen LogP contribution in [0.5, 0.6) is 0 Å². The third-order valence-electron chi connectivity index (χ3n) is 6.29. The van der Waals surface area contributed by atoms with Gasteiger partial charge in [0.05, 0.1) is 18.2 Å². The van der Waals surface area contributed by atoms with Crippen LogP contribution in [0, 0.1) is 0 Å². The number of unbranched alkanes of at least 4 members (excludes halogenated alkanes) is 3. The average molecular weight is 494 g/mol. The van der Waals surface area contributed by atoms with Crippen molar-refractivity contribution in [3.8, 4) is 0 Å². The fraction of sp³-hybridized carbons (Fsp3) is 0.393. The SMILES string of the molecule is CCCCCCc1ccc(C(=O)Nc2ccc([C@H]3NC(=S)N(C)C(C)=C3C(=O)OCC)cc2)cc1. The van der Waals surface area contributed by atoms with E-state index in [9.17, 15) is 9.59 Å². The molecule has 1 aliphatic rings. The van der Waals surface area contributed by atoms with Crippen LogP contribution in [0.3, 0.4) is 0 Å². The molecule has 0 aliphatic carbocycles. The number of esters is 1. The second kappa shape index (κ2) is 12.5. The number of thiocarbonyl (C=S) groups is 1. The zero-order valence-electron chi connectivity index (χ0n) is 21.0. The summed E-state index contributed by atoms with van der Waals surface area (Å²) in [6, 6.07) is 14.8. The van der Waals surface area contributed by atoms with Crippen LogP contribution in [0.25, 0.3) is 0 Å². The average Bonchev–Trinajstić information content (AvgIpc) is 2.86. The Bertz CT molecular complexity index is 1080. The molecule has 186 valence electrons. The van der Waals surface area contributed by atoms with Crippen LogP contribution in [0.4, 0.5) is 5.69 Å². The number of nitrogens with one attached hydrogen (secondary N) is 2. The van der Waals surface area contributed by atoms with Crippen LogP contribution in [0.15, 0.2) is 59.8 Å². The summed E-state index contributed by atoms with van der Waals surface area (Å²) in [4.78, 5) is 27.2. The molecule has 1 atom stereocenters. The number of carbonyl (C=O) groups excluding carboxylic acids is 2. The third-order valence-corrected chi connectivity index (χ3v) is 6.68. The predicted molar refractivity (Wildman–Crippen MR) is 144 cm³/mol. The van der Waals surface area contributed by atoms with Gasteiger partial charge in [-0.05, 0) is 74.3 Å². The number of amides is 1. The Balaban J connectivity index is 1.68. The number of allylic oxidation sites excluding steroid dienone is 1. The van der Waals surface area contributed by atoms with Gasteiger partial charge in [-0.2, -0.15) is 0 Å². The molecule has 7 heteroatoms. The lowest BCUT2D eigenvalue weighted by molar-refractivity contribution is -0.139. The number of hydrogen-bond acceptors (Lipinski definition) is 4. The van der Waals surface area contributed by atoms with E-state index in [1.54, 1.807) is 11.8 Å². The van der Waals surface area contributed by atoms with Crippen molar-refractivity contribution >= 4 is 34.9 Å².